The van der Waals surface area contributed by atoms with Crippen molar-refractivity contribution in [2.75, 3.05) is 5.75 Å². The highest BCUT2D eigenvalue weighted by molar-refractivity contribution is 7.85. The fourth-order valence-corrected chi connectivity index (χ4v) is 3.60. The zero-order chi connectivity index (χ0) is 18.7. The van der Waals surface area contributed by atoms with Crippen LogP contribution >= 0.6 is 0 Å². The largest absolute Gasteiger partial charge is 0.457 e. The predicted molar refractivity (Wildman–Crippen MR) is 99.7 cm³/mol. The van der Waals surface area contributed by atoms with Gasteiger partial charge in [0, 0.05) is 22.8 Å². The summed E-state index contributed by atoms with van der Waals surface area (Å²) in [5.41, 5.74) is 1.76. The summed E-state index contributed by atoms with van der Waals surface area (Å²) in [6, 6.07) is 13.5. The van der Waals surface area contributed by atoms with Crippen LogP contribution in [-0.2, 0) is 22.1 Å². The molecule has 6 heteroatoms. The minimum absolute atomic E-state index is 0.0723. The van der Waals surface area contributed by atoms with E-state index in [0.29, 0.717) is 27.2 Å². The molecule has 0 amide bonds. The van der Waals surface area contributed by atoms with Gasteiger partial charge in [0.05, 0.1) is 21.3 Å². The first-order valence-corrected chi connectivity index (χ1v) is 9.49. The molecule has 0 radical (unpaired) electrons. The van der Waals surface area contributed by atoms with Gasteiger partial charge in [0.1, 0.15) is 12.2 Å². The summed E-state index contributed by atoms with van der Waals surface area (Å²) in [5, 5.41) is 0.716. The molecule has 1 atom stereocenters. The van der Waals surface area contributed by atoms with Gasteiger partial charge in [-0.3, -0.25) is 4.21 Å². The molecule has 0 aliphatic rings. The van der Waals surface area contributed by atoms with Gasteiger partial charge in [0.15, 0.2) is 0 Å². The van der Waals surface area contributed by atoms with Crippen molar-refractivity contribution in [2.24, 2.45) is 0 Å². The second-order valence-electron chi connectivity index (χ2n) is 5.80. The Hall–Kier alpha value is -2.73. The summed E-state index contributed by atoms with van der Waals surface area (Å²) in [6.07, 6.45) is 0. The van der Waals surface area contributed by atoms with Crippen LogP contribution in [0.25, 0.3) is 11.0 Å². The monoisotopic (exact) mass is 370 g/mol. The van der Waals surface area contributed by atoms with Gasteiger partial charge in [-0.1, -0.05) is 31.2 Å². The average molecular weight is 370 g/mol. The van der Waals surface area contributed by atoms with Crippen LogP contribution in [0.4, 0.5) is 0 Å². The molecule has 5 nitrogen and oxygen atoms in total. The zero-order valence-electron chi connectivity index (χ0n) is 14.5. The molecule has 0 fully saturated rings. The topological polar surface area (TPSA) is 73.6 Å². The molecule has 0 spiro atoms. The quantitative estimate of drug-likeness (QED) is 0.507. The van der Waals surface area contributed by atoms with Gasteiger partial charge in [0.2, 0.25) is 0 Å². The van der Waals surface area contributed by atoms with Crippen molar-refractivity contribution in [1.82, 2.24) is 0 Å². The molecule has 0 aliphatic carbocycles. The van der Waals surface area contributed by atoms with Gasteiger partial charge < -0.3 is 9.15 Å². The first-order chi connectivity index (χ1) is 12.5. The van der Waals surface area contributed by atoms with Crippen LogP contribution in [0.15, 0.2) is 62.6 Å². The van der Waals surface area contributed by atoms with Crippen molar-refractivity contribution in [3.63, 3.8) is 0 Å². The Labute approximate surface area is 153 Å². The predicted octanol–water partition coefficient (Wildman–Crippen LogP) is 3.59. The second-order valence-corrected chi connectivity index (χ2v) is 7.50. The van der Waals surface area contributed by atoms with Crippen LogP contribution in [0.3, 0.4) is 0 Å². The normalized spacial score (nSPS) is 12.1. The molecule has 1 aromatic heterocycles. The molecule has 2 aromatic carbocycles. The molecule has 0 unspecified atom stereocenters. The standard InChI is InChI=1S/C20H18O5S/c1-3-26(23)18-7-5-4-6-16(18)20(22)24-12-14-11-19(21)25-17-10-13(2)8-9-15(14)17/h4-11H,3,12H2,1-2H3/t26-/m1/s1. The fraction of sp³-hybridized carbons (Fsp3) is 0.200. The Morgan fingerprint density at radius 3 is 2.69 bits per heavy atom. The first kappa shape index (κ1) is 18.1. The molecule has 3 aromatic rings. The second kappa shape index (κ2) is 7.66. The van der Waals surface area contributed by atoms with Crippen LogP contribution in [0.1, 0.15) is 28.4 Å². The number of carbonyl (C=O) groups excluding carboxylic acids is 1. The summed E-state index contributed by atoms with van der Waals surface area (Å²) in [4.78, 5) is 24.7. The van der Waals surface area contributed by atoms with E-state index in [9.17, 15) is 13.8 Å². The van der Waals surface area contributed by atoms with Gasteiger partial charge in [-0.15, -0.1) is 0 Å². The van der Waals surface area contributed by atoms with Gasteiger partial charge in [0.25, 0.3) is 0 Å². The number of fused-ring (bicyclic) bond motifs is 1. The Kier molecular flexibility index (Phi) is 5.32. The molecular weight excluding hydrogens is 352 g/mol. The SMILES string of the molecule is CC[S@@](=O)c1ccccc1C(=O)OCc1cc(=O)oc2cc(C)ccc12. The van der Waals surface area contributed by atoms with Crippen molar-refractivity contribution >= 4 is 27.7 Å². The molecule has 0 saturated carbocycles. The summed E-state index contributed by atoms with van der Waals surface area (Å²) in [6.45, 7) is 3.61. The summed E-state index contributed by atoms with van der Waals surface area (Å²) in [7, 11) is -1.26. The Bertz CT molecular complexity index is 1050. The van der Waals surface area contributed by atoms with Gasteiger partial charge >= 0.3 is 11.6 Å². The molecule has 0 saturated heterocycles. The molecule has 26 heavy (non-hydrogen) atoms. The minimum Gasteiger partial charge on any atom is -0.457 e. The number of carbonyl (C=O) groups is 1. The van der Waals surface area contributed by atoms with E-state index < -0.39 is 22.4 Å². The summed E-state index contributed by atoms with van der Waals surface area (Å²) in [5.74, 6) is -0.163. The molecule has 134 valence electrons. The summed E-state index contributed by atoms with van der Waals surface area (Å²) >= 11 is 0. The number of esters is 1. The molecule has 3 rings (SSSR count). The lowest BCUT2D eigenvalue weighted by Crippen LogP contribution is -2.11. The lowest BCUT2D eigenvalue weighted by atomic mass is 10.1. The van der Waals surface area contributed by atoms with Crippen molar-refractivity contribution in [2.45, 2.75) is 25.3 Å². The third-order valence-electron chi connectivity index (χ3n) is 3.96. The lowest BCUT2D eigenvalue weighted by Gasteiger charge is -2.10. The van der Waals surface area contributed by atoms with E-state index in [-0.39, 0.29) is 12.2 Å². The van der Waals surface area contributed by atoms with E-state index in [4.69, 9.17) is 9.15 Å². The Morgan fingerprint density at radius 1 is 1.15 bits per heavy atom. The molecule has 1 heterocycles. The fourth-order valence-electron chi connectivity index (χ4n) is 2.67. The Morgan fingerprint density at radius 2 is 1.92 bits per heavy atom. The highest BCUT2D eigenvalue weighted by Gasteiger charge is 2.17. The van der Waals surface area contributed by atoms with Gasteiger partial charge in [-0.05, 0) is 30.7 Å². The number of ether oxygens (including phenoxy) is 1. The van der Waals surface area contributed by atoms with Crippen molar-refractivity contribution in [1.29, 1.82) is 0 Å². The third-order valence-corrected chi connectivity index (χ3v) is 5.33. The Balaban J connectivity index is 1.88. The lowest BCUT2D eigenvalue weighted by molar-refractivity contribution is 0.0469. The third kappa shape index (κ3) is 3.75. The van der Waals surface area contributed by atoms with Crippen LogP contribution in [0.5, 0.6) is 0 Å². The van der Waals surface area contributed by atoms with Crippen LogP contribution in [0, 0.1) is 6.92 Å². The van der Waals surface area contributed by atoms with Gasteiger partial charge in [-0.25, -0.2) is 9.59 Å². The average Bonchev–Trinajstić information content (AvgIpc) is 2.64. The molecule has 0 bridgehead atoms. The smallest absolute Gasteiger partial charge is 0.339 e. The number of aryl methyl sites for hydroxylation is 1. The number of rotatable bonds is 5. The van der Waals surface area contributed by atoms with Crippen LogP contribution in [-0.4, -0.2) is 15.9 Å². The molecule has 0 N–H and O–H groups in total. The van der Waals surface area contributed by atoms with Crippen LogP contribution < -0.4 is 5.63 Å². The van der Waals surface area contributed by atoms with E-state index in [0.717, 1.165) is 5.56 Å². The van der Waals surface area contributed by atoms with Crippen molar-refractivity contribution in [3.8, 4) is 0 Å². The van der Waals surface area contributed by atoms with E-state index in [1.165, 1.54) is 6.07 Å². The maximum Gasteiger partial charge on any atom is 0.339 e. The first-order valence-electron chi connectivity index (χ1n) is 8.17. The van der Waals surface area contributed by atoms with E-state index >= 15 is 0 Å². The van der Waals surface area contributed by atoms with Crippen LogP contribution in [0.2, 0.25) is 0 Å². The highest BCUT2D eigenvalue weighted by Crippen LogP contribution is 2.21. The van der Waals surface area contributed by atoms with E-state index in [1.54, 1.807) is 37.3 Å². The number of hydrogen-bond donors (Lipinski definition) is 0. The zero-order valence-corrected chi connectivity index (χ0v) is 15.3. The highest BCUT2D eigenvalue weighted by atomic mass is 32.2. The maximum absolute atomic E-state index is 12.5. The molecular formula is C20H18O5S. The minimum atomic E-state index is -1.26. The maximum atomic E-state index is 12.5. The van der Waals surface area contributed by atoms with Crippen molar-refractivity contribution in [3.05, 3.63) is 75.6 Å². The van der Waals surface area contributed by atoms with E-state index in [1.807, 2.05) is 19.1 Å². The molecule has 0 aliphatic heterocycles. The van der Waals surface area contributed by atoms with Gasteiger partial charge in [-0.2, -0.15) is 0 Å². The number of benzene rings is 2. The van der Waals surface area contributed by atoms with E-state index in [2.05, 4.69) is 0 Å². The van der Waals surface area contributed by atoms with Crippen molar-refractivity contribution < 1.29 is 18.2 Å². The summed E-state index contributed by atoms with van der Waals surface area (Å²) < 4.78 is 22.7. The number of hydrogen-bond acceptors (Lipinski definition) is 5.